The molecule has 0 radical (unpaired) electrons. The summed E-state index contributed by atoms with van der Waals surface area (Å²) in [6.07, 6.45) is -4.37. The molecule has 0 bridgehead atoms. The molecule has 0 aromatic heterocycles. The summed E-state index contributed by atoms with van der Waals surface area (Å²) < 4.78 is 38.4. The van der Waals surface area contributed by atoms with E-state index in [4.69, 9.17) is 11.6 Å². The monoisotopic (exact) mass is 292 g/mol. The lowest BCUT2D eigenvalue weighted by atomic mass is 10.1. The topological polar surface area (TPSA) is 15.3 Å². The molecular formula is C13H16ClF3N2. The minimum Gasteiger partial charge on any atom is -0.366 e. The van der Waals surface area contributed by atoms with E-state index in [1.54, 1.807) is 6.07 Å². The van der Waals surface area contributed by atoms with Gasteiger partial charge in [-0.2, -0.15) is 13.2 Å². The highest BCUT2D eigenvalue weighted by atomic mass is 35.5. The number of nitrogens with one attached hydrogen (secondary N) is 1. The number of alkyl halides is 3. The quantitative estimate of drug-likeness (QED) is 0.851. The highest BCUT2D eigenvalue weighted by molar-refractivity contribution is 6.31. The normalized spacial score (nSPS) is 24.6. The van der Waals surface area contributed by atoms with Crippen LogP contribution in [-0.4, -0.2) is 25.2 Å². The van der Waals surface area contributed by atoms with Crippen LogP contribution in [0.3, 0.4) is 0 Å². The minimum atomic E-state index is -4.37. The van der Waals surface area contributed by atoms with Gasteiger partial charge in [0, 0.05) is 35.9 Å². The molecule has 2 unspecified atom stereocenters. The Balaban J connectivity index is 2.36. The van der Waals surface area contributed by atoms with Crippen LogP contribution in [0.4, 0.5) is 18.9 Å². The van der Waals surface area contributed by atoms with E-state index in [0.29, 0.717) is 12.2 Å². The van der Waals surface area contributed by atoms with Crippen LogP contribution in [-0.2, 0) is 6.18 Å². The maximum atomic E-state index is 12.8. The molecule has 6 heteroatoms. The first kappa shape index (κ1) is 14.5. The number of piperazine rings is 1. The molecule has 0 saturated carbocycles. The molecule has 1 aromatic carbocycles. The van der Waals surface area contributed by atoms with Gasteiger partial charge in [0.25, 0.3) is 0 Å². The van der Waals surface area contributed by atoms with Crippen molar-refractivity contribution in [2.45, 2.75) is 32.1 Å². The average Bonchev–Trinajstić information content (AvgIpc) is 2.30. The molecule has 1 aliphatic heterocycles. The largest absolute Gasteiger partial charge is 0.416 e. The van der Waals surface area contributed by atoms with Gasteiger partial charge in [0.2, 0.25) is 0 Å². The number of hydrogen-bond donors (Lipinski definition) is 1. The molecule has 1 saturated heterocycles. The third-order valence-electron chi connectivity index (χ3n) is 3.31. The number of nitrogens with zero attached hydrogens (tertiary/aromatic N) is 1. The Hall–Kier alpha value is -0.940. The predicted molar refractivity (Wildman–Crippen MR) is 70.7 cm³/mol. The van der Waals surface area contributed by atoms with Crippen molar-refractivity contribution in [1.29, 1.82) is 0 Å². The molecule has 0 amide bonds. The SMILES string of the molecule is CC1CN(c2cc(Cl)cc(C(F)(F)F)c2)C(C)CN1. The average molecular weight is 293 g/mol. The summed E-state index contributed by atoms with van der Waals surface area (Å²) in [4.78, 5) is 1.96. The van der Waals surface area contributed by atoms with Crippen molar-refractivity contribution in [1.82, 2.24) is 5.32 Å². The second-order valence-corrected chi connectivity index (χ2v) is 5.44. The fourth-order valence-electron chi connectivity index (χ4n) is 2.28. The molecule has 0 aliphatic carbocycles. The number of hydrogen-bond acceptors (Lipinski definition) is 2. The van der Waals surface area contributed by atoms with Crippen LogP contribution in [0.2, 0.25) is 5.02 Å². The molecule has 2 rings (SSSR count). The first-order valence-electron chi connectivity index (χ1n) is 6.15. The predicted octanol–water partition coefficient (Wildman–Crippen LogP) is 3.55. The van der Waals surface area contributed by atoms with E-state index in [2.05, 4.69) is 5.32 Å². The van der Waals surface area contributed by atoms with E-state index in [0.717, 1.165) is 12.6 Å². The van der Waals surface area contributed by atoms with E-state index in [-0.39, 0.29) is 17.1 Å². The van der Waals surface area contributed by atoms with E-state index in [1.165, 1.54) is 6.07 Å². The van der Waals surface area contributed by atoms with Crippen LogP contribution < -0.4 is 10.2 Å². The summed E-state index contributed by atoms with van der Waals surface area (Å²) in [6, 6.07) is 4.09. The van der Waals surface area contributed by atoms with Gasteiger partial charge in [0.05, 0.1) is 5.56 Å². The van der Waals surface area contributed by atoms with Gasteiger partial charge in [0.15, 0.2) is 0 Å². The lowest BCUT2D eigenvalue weighted by molar-refractivity contribution is -0.137. The maximum Gasteiger partial charge on any atom is 0.416 e. The van der Waals surface area contributed by atoms with Gasteiger partial charge in [-0.15, -0.1) is 0 Å². The summed E-state index contributed by atoms with van der Waals surface area (Å²) in [5.74, 6) is 0. The summed E-state index contributed by atoms with van der Waals surface area (Å²) in [7, 11) is 0. The molecule has 1 fully saturated rings. The molecule has 19 heavy (non-hydrogen) atoms. The Kier molecular flexibility index (Phi) is 3.97. The smallest absolute Gasteiger partial charge is 0.366 e. The van der Waals surface area contributed by atoms with Gasteiger partial charge >= 0.3 is 6.18 Å². The molecule has 1 N–H and O–H groups in total. The Labute approximate surface area is 115 Å². The second-order valence-electron chi connectivity index (χ2n) is 5.01. The van der Waals surface area contributed by atoms with Gasteiger partial charge in [-0.3, -0.25) is 0 Å². The highest BCUT2D eigenvalue weighted by Crippen LogP contribution is 2.35. The standard InChI is InChI=1S/C13H16ClF3N2/c1-8-7-19(9(2)6-18-8)12-4-10(13(15,16)17)3-11(14)5-12/h3-5,8-9,18H,6-7H2,1-2H3. The van der Waals surface area contributed by atoms with Crippen molar-refractivity contribution in [3.05, 3.63) is 28.8 Å². The van der Waals surface area contributed by atoms with Crippen LogP contribution >= 0.6 is 11.6 Å². The Morgan fingerprint density at radius 3 is 2.58 bits per heavy atom. The first-order chi connectivity index (χ1) is 8.77. The second kappa shape index (κ2) is 5.21. The van der Waals surface area contributed by atoms with E-state index in [9.17, 15) is 13.2 Å². The van der Waals surface area contributed by atoms with Crippen LogP contribution in [0.5, 0.6) is 0 Å². The van der Waals surface area contributed by atoms with E-state index < -0.39 is 11.7 Å². The third kappa shape index (κ3) is 3.34. The zero-order valence-electron chi connectivity index (χ0n) is 10.8. The number of benzene rings is 1. The van der Waals surface area contributed by atoms with Crippen LogP contribution in [0.1, 0.15) is 19.4 Å². The van der Waals surface area contributed by atoms with Crippen molar-refractivity contribution >= 4 is 17.3 Å². The first-order valence-corrected chi connectivity index (χ1v) is 6.53. The Morgan fingerprint density at radius 1 is 1.26 bits per heavy atom. The molecule has 2 atom stereocenters. The van der Waals surface area contributed by atoms with Gasteiger partial charge in [-0.1, -0.05) is 11.6 Å². The summed E-state index contributed by atoms with van der Waals surface area (Å²) in [5.41, 5.74) is -0.172. The van der Waals surface area contributed by atoms with Crippen molar-refractivity contribution in [2.75, 3.05) is 18.0 Å². The van der Waals surface area contributed by atoms with E-state index >= 15 is 0 Å². The molecular weight excluding hydrogens is 277 g/mol. The fraction of sp³-hybridized carbons (Fsp3) is 0.538. The molecule has 1 heterocycles. The summed E-state index contributed by atoms with van der Waals surface area (Å²) in [6.45, 7) is 5.40. The molecule has 106 valence electrons. The zero-order valence-corrected chi connectivity index (χ0v) is 11.5. The minimum absolute atomic E-state index is 0.114. The highest BCUT2D eigenvalue weighted by Gasteiger charge is 2.32. The van der Waals surface area contributed by atoms with Crippen molar-refractivity contribution < 1.29 is 13.2 Å². The summed E-state index contributed by atoms with van der Waals surface area (Å²) >= 11 is 5.82. The van der Waals surface area contributed by atoms with Crippen LogP contribution in [0.15, 0.2) is 18.2 Å². The lowest BCUT2D eigenvalue weighted by Gasteiger charge is -2.39. The number of rotatable bonds is 1. The molecule has 0 spiro atoms. The van der Waals surface area contributed by atoms with Crippen LogP contribution in [0, 0.1) is 0 Å². The zero-order chi connectivity index (χ0) is 14.2. The summed E-state index contributed by atoms with van der Waals surface area (Å²) in [5, 5.41) is 3.41. The Morgan fingerprint density at radius 2 is 1.95 bits per heavy atom. The molecule has 1 aliphatic rings. The number of anilines is 1. The van der Waals surface area contributed by atoms with Gasteiger partial charge < -0.3 is 10.2 Å². The van der Waals surface area contributed by atoms with E-state index in [1.807, 2.05) is 18.7 Å². The third-order valence-corrected chi connectivity index (χ3v) is 3.52. The van der Waals surface area contributed by atoms with Crippen molar-refractivity contribution in [3.63, 3.8) is 0 Å². The van der Waals surface area contributed by atoms with Crippen molar-refractivity contribution in [3.8, 4) is 0 Å². The number of halogens is 4. The maximum absolute atomic E-state index is 12.8. The molecule has 1 aromatic rings. The van der Waals surface area contributed by atoms with Gasteiger partial charge in [0.1, 0.15) is 0 Å². The lowest BCUT2D eigenvalue weighted by Crippen LogP contribution is -2.54. The Bertz CT molecular complexity index is 462. The van der Waals surface area contributed by atoms with Gasteiger partial charge in [-0.25, -0.2) is 0 Å². The van der Waals surface area contributed by atoms with Crippen molar-refractivity contribution in [2.24, 2.45) is 0 Å². The van der Waals surface area contributed by atoms with Crippen LogP contribution in [0.25, 0.3) is 0 Å². The molecule has 2 nitrogen and oxygen atoms in total. The van der Waals surface area contributed by atoms with Gasteiger partial charge in [-0.05, 0) is 32.0 Å². The fourth-order valence-corrected chi connectivity index (χ4v) is 2.51.